The summed E-state index contributed by atoms with van der Waals surface area (Å²) in [7, 11) is 0. The number of aryl methyl sites for hydroxylation is 1. The van der Waals surface area contributed by atoms with Crippen molar-refractivity contribution in [2.45, 2.75) is 32.2 Å². The van der Waals surface area contributed by atoms with E-state index in [1.54, 1.807) is 4.88 Å². The van der Waals surface area contributed by atoms with Crippen molar-refractivity contribution in [3.05, 3.63) is 21.9 Å². The first-order chi connectivity index (χ1) is 5.88. The van der Waals surface area contributed by atoms with E-state index in [0.717, 1.165) is 0 Å². The van der Waals surface area contributed by atoms with Crippen molar-refractivity contribution in [3.63, 3.8) is 0 Å². The predicted octanol–water partition coefficient (Wildman–Crippen LogP) is 2.87. The van der Waals surface area contributed by atoms with Gasteiger partial charge in [-0.25, -0.2) is 0 Å². The second-order valence-corrected chi connectivity index (χ2v) is 4.42. The highest BCUT2D eigenvalue weighted by atomic mass is 32.1. The highest BCUT2D eigenvalue weighted by Gasteiger charge is 2.16. The third-order valence-electron chi connectivity index (χ3n) is 2.53. The molecule has 1 fully saturated rings. The normalized spacial score (nSPS) is 24.2. The summed E-state index contributed by atoms with van der Waals surface area (Å²) in [6.07, 6.45) is 4.05. The van der Waals surface area contributed by atoms with Crippen molar-refractivity contribution in [2.75, 3.05) is 6.54 Å². The molecular weight excluding hydrogens is 166 g/mol. The van der Waals surface area contributed by atoms with Crippen LogP contribution in [0.25, 0.3) is 0 Å². The monoisotopic (exact) mass is 181 g/mol. The van der Waals surface area contributed by atoms with E-state index in [0.29, 0.717) is 6.04 Å². The summed E-state index contributed by atoms with van der Waals surface area (Å²) in [6, 6.07) is 2.87. The van der Waals surface area contributed by atoms with Crippen LogP contribution in [0.1, 0.15) is 35.7 Å². The standard InChI is InChI=1S/C10H15NS/c1-8-5-7-12-10(8)9-4-2-3-6-11-9/h5,7,9,11H,2-4,6H2,1H3/t9-/m0/s1. The lowest BCUT2D eigenvalue weighted by Gasteiger charge is -2.23. The van der Waals surface area contributed by atoms with Gasteiger partial charge in [-0.1, -0.05) is 6.42 Å². The Hall–Kier alpha value is -0.340. The van der Waals surface area contributed by atoms with Gasteiger partial charge in [-0.15, -0.1) is 11.3 Å². The Morgan fingerprint density at radius 1 is 1.50 bits per heavy atom. The molecule has 0 bridgehead atoms. The molecule has 1 saturated heterocycles. The highest BCUT2D eigenvalue weighted by Crippen LogP contribution is 2.29. The Morgan fingerprint density at radius 3 is 3.00 bits per heavy atom. The van der Waals surface area contributed by atoms with Crippen LogP contribution in [0.3, 0.4) is 0 Å². The molecule has 0 saturated carbocycles. The average Bonchev–Trinajstić information content (AvgIpc) is 2.53. The van der Waals surface area contributed by atoms with Crippen molar-refractivity contribution in [1.82, 2.24) is 5.32 Å². The van der Waals surface area contributed by atoms with Crippen LogP contribution in [0.2, 0.25) is 0 Å². The van der Waals surface area contributed by atoms with Crippen molar-refractivity contribution in [1.29, 1.82) is 0 Å². The maximum absolute atomic E-state index is 3.57. The maximum Gasteiger partial charge on any atom is 0.0417 e. The van der Waals surface area contributed by atoms with Crippen molar-refractivity contribution in [2.24, 2.45) is 0 Å². The van der Waals surface area contributed by atoms with Gasteiger partial charge >= 0.3 is 0 Å². The summed E-state index contributed by atoms with van der Waals surface area (Å²) in [5.41, 5.74) is 1.46. The second kappa shape index (κ2) is 3.58. The van der Waals surface area contributed by atoms with E-state index >= 15 is 0 Å². The van der Waals surface area contributed by atoms with Gasteiger partial charge in [0.05, 0.1) is 0 Å². The molecule has 1 aliphatic heterocycles. The molecule has 1 nitrogen and oxygen atoms in total. The number of nitrogens with one attached hydrogen (secondary N) is 1. The largest absolute Gasteiger partial charge is 0.309 e. The molecule has 12 heavy (non-hydrogen) atoms. The summed E-state index contributed by atoms with van der Waals surface area (Å²) in [6.45, 7) is 3.41. The van der Waals surface area contributed by atoms with Crippen molar-refractivity contribution in [3.8, 4) is 0 Å². The molecule has 0 spiro atoms. The Morgan fingerprint density at radius 2 is 2.42 bits per heavy atom. The van der Waals surface area contributed by atoms with Crippen LogP contribution in [0, 0.1) is 6.92 Å². The first-order valence-electron chi connectivity index (χ1n) is 4.65. The molecule has 2 rings (SSSR count). The van der Waals surface area contributed by atoms with E-state index in [2.05, 4.69) is 23.7 Å². The molecule has 2 heterocycles. The van der Waals surface area contributed by atoms with Crippen LogP contribution in [0.4, 0.5) is 0 Å². The van der Waals surface area contributed by atoms with Gasteiger partial charge in [0, 0.05) is 10.9 Å². The highest BCUT2D eigenvalue weighted by molar-refractivity contribution is 7.10. The van der Waals surface area contributed by atoms with Gasteiger partial charge in [0.15, 0.2) is 0 Å². The smallest absolute Gasteiger partial charge is 0.0417 e. The number of rotatable bonds is 1. The molecule has 2 heteroatoms. The minimum atomic E-state index is 0.652. The zero-order valence-corrected chi connectivity index (χ0v) is 8.29. The van der Waals surface area contributed by atoms with E-state index in [9.17, 15) is 0 Å². The van der Waals surface area contributed by atoms with Gasteiger partial charge in [0.1, 0.15) is 0 Å². The fourth-order valence-electron chi connectivity index (χ4n) is 1.82. The van der Waals surface area contributed by atoms with Crippen molar-refractivity contribution >= 4 is 11.3 Å². The fourth-order valence-corrected chi connectivity index (χ4v) is 2.86. The molecule has 66 valence electrons. The van der Waals surface area contributed by atoms with E-state index < -0.39 is 0 Å². The van der Waals surface area contributed by atoms with Gasteiger partial charge in [0.2, 0.25) is 0 Å². The third-order valence-corrected chi connectivity index (χ3v) is 3.66. The van der Waals surface area contributed by atoms with Gasteiger partial charge < -0.3 is 5.32 Å². The molecule has 0 aromatic carbocycles. The number of thiophene rings is 1. The van der Waals surface area contributed by atoms with Crippen LogP contribution in [-0.2, 0) is 0 Å². The summed E-state index contributed by atoms with van der Waals surface area (Å²) < 4.78 is 0. The molecule has 0 amide bonds. The average molecular weight is 181 g/mol. The van der Waals surface area contributed by atoms with Crippen LogP contribution in [0.5, 0.6) is 0 Å². The lowest BCUT2D eigenvalue weighted by Crippen LogP contribution is -2.26. The number of piperidine rings is 1. The van der Waals surface area contributed by atoms with Gasteiger partial charge in [0.25, 0.3) is 0 Å². The summed E-state index contributed by atoms with van der Waals surface area (Å²) in [5.74, 6) is 0. The van der Waals surface area contributed by atoms with Crippen LogP contribution < -0.4 is 5.32 Å². The molecule has 1 aromatic heterocycles. The van der Waals surface area contributed by atoms with Gasteiger partial charge in [-0.3, -0.25) is 0 Å². The maximum atomic E-state index is 3.57. The van der Waals surface area contributed by atoms with E-state index in [4.69, 9.17) is 0 Å². The van der Waals surface area contributed by atoms with E-state index in [1.807, 2.05) is 11.3 Å². The lowest BCUT2D eigenvalue weighted by atomic mass is 10.0. The first-order valence-corrected chi connectivity index (χ1v) is 5.53. The first kappa shape index (κ1) is 8.27. The third kappa shape index (κ3) is 1.54. The molecule has 1 aliphatic rings. The van der Waals surface area contributed by atoms with Crippen LogP contribution in [-0.4, -0.2) is 6.54 Å². The van der Waals surface area contributed by atoms with Crippen molar-refractivity contribution < 1.29 is 0 Å². The summed E-state index contributed by atoms with van der Waals surface area (Å²) >= 11 is 1.89. The van der Waals surface area contributed by atoms with E-state index in [1.165, 1.54) is 31.4 Å². The van der Waals surface area contributed by atoms with Crippen LogP contribution in [0.15, 0.2) is 11.4 Å². The minimum absolute atomic E-state index is 0.652. The molecule has 1 N–H and O–H groups in total. The van der Waals surface area contributed by atoms with Crippen LogP contribution >= 0.6 is 11.3 Å². The lowest BCUT2D eigenvalue weighted by molar-refractivity contribution is 0.416. The number of hydrogen-bond donors (Lipinski definition) is 1. The zero-order chi connectivity index (χ0) is 8.39. The fraction of sp³-hybridized carbons (Fsp3) is 0.600. The van der Waals surface area contributed by atoms with Gasteiger partial charge in [-0.2, -0.15) is 0 Å². The molecule has 0 aliphatic carbocycles. The summed E-state index contributed by atoms with van der Waals surface area (Å²) in [4.78, 5) is 1.55. The SMILES string of the molecule is Cc1ccsc1[C@@H]1CCCCN1. The Kier molecular flexibility index (Phi) is 2.47. The number of hydrogen-bond acceptors (Lipinski definition) is 2. The topological polar surface area (TPSA) is 12.0 Å². The predicted molar refractivity (Wildman–Crippen MR) is 53.7 cm³/mol. The zero-order valence-electron chi connectivity index (χ0n) is 7.47. The van der Waals surface area contributed by atoms with Gasteiger partial charge in [-0.05, 0) is 43.3 Å². The second-order valence-electron chi connectivity index (χ2n) is 3.47. The molecular formula is C10H15NS. The quantitative estimate of drug-likeness (QED) is 0.702. The Labute approximate surface area is 77.8 Å². The molecule has 0 radical (unpaired) electrons. The Balaban J connectivity index is 2.13. The molecule has 1 atom stereocenters. The molecule has 0 unspecified atom stereocenters. The summed E-state index contributed by atoms with van der Waals surface area (Å²) in [5, 5.41) is 5.77. The van der Waals surface area contributed by atoms with E-state index in [-0.39, 0.29) is 0 Å². The minimum Gasteiger partial charge on any atom is -0.309 e. The Bertz CT molecular complexity index is 248. The molecule has 1 aromatic rings.